The van der Waals surface area contributed by atoms with Gasteiger partial charge in [0, 0.05) is 5.92 Å². The lowest BCUT2D eigenvalue weighted by molar-refractivity contribution is -0.775. The Balaban J connectivity index is 2.04. The van der Waals surface area contributed by atoms with Crippen molar-refractivity contribution in [2.24, 2.45) is 11.8 Å². The van der Waals surface area contributed by atoms with Gasteiger partial charge in [-0.05, 0) is 5.27 Å². The van der Waals surface area contributed by atoms with E-state index in [4.69, 9.17) is 0 Å². The van der Waals surface area contributed by atoms with Crippen LogP contribution in [0.15, 0.2) is 9.32 Å². The normalized spacial score (nSPS) is 33.7. The van der Waals surface area contributed by atoms with Gasteiger partial charge in [0.2, 0.25) is 0 Å². The smallest absolute Gasteiger partial charge is 0.283 e. The summed E-state index contributed by atoms with van der Waals surface area (Å²) in [5, 5.41) is 2.32. The fourth-order valence-corrected chi connectivity index (χ4v) is 2.05. The molecule has 1 aromatic rings. The van der Waals surface area contributed by atoms with Gasteiger partial charge in [-0.15, -0.1) is 0 Å². The van der Waals surface area contributed by atoms with E-state index in [0.717, 1.165) is 0 Å². The largest absolute Gasteiger partial charge is 0.429 e. The van der Waals surface area contributed by atoms with Crippen molar-refractivity contribution >= 4 is 0 Å². The lowest BCUT2D eigenvalue weighted by Crippen LogP contribution is -2.45. The summed E-state index contributed by atoms with van der Waals surface area (Å²) in [6, 6.07) is 0. The molecule has 0 spiro atoms. The number of hydrogen-bond donors (Lipinski definition) is 1. The van der Waals surface area contributed by atoms with Crippen molar-refractivity contribution < 1.29 is 18.0 Å². The van der Waals surface area contributed by atoms with Gasteiger partial charge in [0.05, 0.1) is 12.3 Å². The van der Waals surface area contributed by atoms with Crippen LogP contribution >= 0.6 is 0 Å². The van der Waals surface area contributed by atoms with Gasteiger partial charge in [0.1, 0.15) is 0 Å². The first-order valence-corrected chi connectivity index (χ1v) is 4.08. The number of nitrogens with one attached hydrogen (secondary N) is 1. The van der Waals surface area contributed by atoms with Crippen molar-refractivity contribution in [3.8, 4) is 0 Å². The number of fused-ring (bicyclic) bond motifs is 2. The molecule has 2 unspecified atom stereocenters. The van der Waals surface area contributed by atoms with Crippen molar-refractivity contribution in [1.29, 1.82) is 0 Å². The Kier molecular flexibility index (Phi) is 1.02. The molecule has 1 fully saturated rings. The van der Waals surface area contributed by atoms with Gasteiger partial charge in [0.25, 0.3) is 11.6 Å². The maximum Gasteiger partial charge on any atom is 0.429 e. The van der Waals surface area contributed by atoms with Gasteiger partial charge < -0.3 is 0 Å². The van der Waals surface area contributed by atoms with Crippen LogP contribution in [0.5, 0.6) is 0 Å². The van der Waals surface area contributed by atoms with Crippen LogP contribution in [0, 0.1) is 11.8 Å². The maximum absolute atomic E-state index is 12.9. The van der Waals surface area contributed by atoms with Crippen LogP contribution < -0.4 is 10.3 Å². The Morgan fingerprint density at radius 1 is 1.54 bits per heavy atom. The summed E-state index contributed by atoms with van der Waals surface area (Å²) in [5.74, 6) is -3.84. The van der Waals surface area contributed by atoms with Crippen LogP contribution in [0.2, 0.25) is 0 Å². The molecule has 1 N–H and O–H groups in total. The molecule has 2 atom stereocenters. The Hall–Kier alpha value is -1.20. The van der Waals surface area contributed by atoms with Gasteiger partial charge in [-0.25, -0.2) is 13.6 Å². The lowest BCUT2D eigenvalue weighted by Gasteiger charge is -1.96. The van der Waals surface area contributed by atoms with E-state index in [0.29, 0.717) is 5.69 Å². The number of nitrogens with zero attached hydrogens (tertiary/aromatic N) is 1. The van der Waals surface area contributed by atoms with Gasteiger partial charge in [-0.1, -0.05) is 4.68 Å². The maximum atomic E-state index is 12.9. The molecule has 2 heterocycles. The van der Waals surface area contributed by atoms with Crippen molar-refractivity contribution in [1.82, 2.24) is 5.27 Å². The zero-order valence-electron chi connectivity index (χ0n) is 6.59. The lowest BCUT2D eigenvalue weighted by atomic mass is 10.1. The zero-order chi connectivity index (χ0) is 9.22. The molecule has 1 saturated carbocycles. The third-order valence-electron chi connectivity index (χ3n) is 2.97. The molecule has 0 aromatic carbocycles. The van der Waals surface area contributed by atoms with Gasteiger partial charge in [-0.2, -0.15) is 0 Å². The quantitative estimate of drug-likeness (QED) is 0.569. The SMILES string of the molecule is O=c1o[nH][n+]2c1CC1C(C2)C1(F)F. The number of aromatic amines is 1. The Labute approximate surface area is 71.1 Å². The molecule has 0 radical (unpaired) electrons. The Morgan fingerprint density at radius 2 is 2.31 bits per heavy atom. The van der Waals surface area contributed by atoms with Crippen LogP contribution in [0.25, 0.3) is 0 Å². The number of hydrogen-bond acceptors (Lipinski definition) is 2. The molecule has 0 saturated heterocycles. The first kappa shape index (κ1) is 7.23. The summed E-state index contributed by atoms with van der Waals surface area (Å²) in [4.78, 5) is 11.0. The molecular weight excluding hydrogens is 182 g/mol. The van der Waals surface area contributed by atoms with Crippen molar-refractivity contribution in [2.45, 2.75) is 18.9 Å². The average Bonchev–Trinajstić information content (AvgIpc) is 2.46. The standard InChI is InChI=1S/C7H6F2N2O2/c8-7(9)3-1-5-6(12)13-10-11(5)2-4(3)7/h3-4H,1-2H2/p+1. The highest BCUT2D eigenvalue weighted by atomic mass is 19.3. The molecule has 0 amide bonds. The van der Waals surface area contributed by atoms with E-state index in [9.17, 15) is 13.6 Å². The predicted octanol–water partition coefficient (Wildman–Crippen LogP) is -0.307. The number of alkyl halides is 2. The van der Waals surface area contributed by atoms with Crippen LogP contribution in [0.1, 0.15) is 5.69 Å². The topological polar surface area (TPSA) is 49.9 Å². The number of halogens is 2. The van der Waals surface area contributed by atoms with Crippen LogP contribution in [-0.4, -0.2) is 11.2 Å². The third kappa shape index (κ3) is 0.732. The Morgan fingerprint density at radius 3 is 3.08 bits per heavy atom. The molecule has 70 valence electrons. The molecule has 1 aromatic heterocycles. The van der Waals surface area contributed by atoms with Gasteiger partial charge in [-0.3, -0.25) is 4.52 Å². The van der Waals surface area contributed by atoms with Crippen LogP contribution in [0.3, 0.4) is 0 Å². The Bertz CT molecular complexity index is 422. The number of aromatic nitrogens is 2. The zero-order valence-corrected chi connectivity index (χ0v) is 6.59. The third-order valence-corrected chi connectivity index (χ3v) is 2.97. The summed E-state index contributed by atoms with van der Waals surface area (Å²) >= 11 is 0. The van der Waals surface area contributed by atoms with E-state index in [2.05, 4.69) is 9.79 Å². The van der Waals surface area contributed by atoms with E-state index >= 15 is 0 Å². The summed E-state index contributed by atoms with van der Waals surface area (Å²) in [7, 11) is 0. The minimum atomic E-state index is -2.58. The van der Waals surface area contributed by atoms with E-state index in [-0.39, 0.29) is 13.0 Å². The molecule has 13 heavy (non-hydrogen) atoms. The molecule has 1 aliphatic carbocycles. The first-order valence-electron chi connectivity index (χ1n) is 4.08. The second-order valence-electron chi connectivity index (χ2n) is 3.63. The van der Waals surface area contributed by atoms with Crippen molar-refractivity contribution in [3.05, 3.63) is 16.1 Å². The fraction of sp³-hybridized carbons (Fsp3) is 0.714. The molecule has 3 rings (SSSR count). The van der Waals surface area contributed by atoms with E-state index < -0.39 is 23.4 Å². The second-order valence-corrected chi connectivity index (χ2v) is 3.63. The fourth-order valence-electron chi connectivity index (χ4n) is 2.05. The van der Waals surface area contributed by atoms with Crippen LogP contribution in [-0.2, 0) is 13.0 Å². The van der Waals surface area contributed by atoms with Gasteiger partial charge >= 0.3 is 5.63 Å². The minimum Gasteiger partial charge on any atom is -0.283 e. The average molecular weight is 189 g/mol. The summed E-state index contributed by atoms with van der Waals surface area (Å²) < 4.78 is 31.7. The molecule has 1 aliphatic heterocycles. The predicted molar refractivity (Wildman–Crippen MR) is 35.2 cm³/mol. The highest BCUT2D eigenvalue weighted by Gasteiger charge is 2.73. The van der Waals surface area contributed by atoms with Crippen LogP contribution in [0.4, 0.5) is 8.78 Å². The highest BCUT2D eigenvalue weighted by Crippen LogP contribution is 2.57. The molecule has 0 bridgehead atoms. The molecule has 6 heteroatoms. The molecule has 2 aliphatic rings. The van der Waals surface area contributed by atoms with Crippen molar-refractivity contribution in [2.75, 3.05) is 0 Å². The van der Waals surface area contributed by atoms with Gasteiger partial charge in [0.15, 0.2) is 6.54 Å². The van der Waals surface area contributed by atoms with E-state index in [1.165, 1.54) is 4.68 Å². The molecule has 4 nitrogen and oxygen atoms in total. The van der Waals surface area contributed by atoms with E-state index in [1.807, 2.05) is 0 Å². The minimum absolute atomic E-state index is 0.128. The highest BCUT2D eigenvalue weighted by molar-refractivity contribution is 5.09. The summed E-state index contributed by atoms with van der Waals surface area (Å²) in [6.07, 6.45) is 0.128. The second kappa shape index (κ2) is 1.83. The number of H-pyrrole nitrogens is 1. The van der Waals surface area contributed by atoms with Crippen molar-refractivity contribution in [3.63, 3.8) is 0 Å². The molecular formula is C7H7F2N2O2+. The summed E-state index contributed by atoms with van der Waals surface area (Å²) in [6.45, 7) is 0.165. The first-order chi connectivity index (χ1) is 6.10. The number of rotatable bonds is 0. The monoisotopic (exact) mass is 189 g/mol. The van der Waals surface area contributed by atoms with E-state index in [1.54, 1.807) is 0 Å². The summed E-state index contributed by atoms with van der Waals surface area (Å²) in [5.41, 5.74) is -0.195.